The van der Waals surface area contributed by atoms with Crippen LogP contribution in [0.3, 0.4) is 0 Å². The second-order valence-corrected chi connectivity index (χ2v) is 3.28. The van der Waals surface area contributed by atoms with Crippen LogP contribution >= 0.6 is 0 Å². The first-order chi connectivity index (χ1) is 7.38. The molecule has 0 bridgehead atoms. The molecule has 0 heterocycles. The van der Waals surface area contributed by atoms with Crippen molar-refractivity contribution < 1.29 is 10.0 Å². The van der Waals surface area contributed by atoms with E-state index >= 15 is 0 Å². The molecule has 0 saturated heterocycles. The molecule has 0 aromatic carbocycles. The number of nitrogens with zero attached hydrogens (tertiary/aromatic N) is 2. The van der Waals surface area contributed by atoms with Gasteiger partial charge >= 0.3 is 0 Å². The Labute approximate surface area is 92.0 Å². The summed E-state index contributed by atoms with van der Waals surface area (Å²) < 4.78 is 0. The number of hydrogen-bond donors (Lipinski definition) is 1. The normalized spacial score (nSPS) is 18.5. The Morgan fingerprint density at radius 2 is 1.87 bits per heavy atom. The molecule has 0 aromatic heterocycles. The Hall–Kier alpha value is -1.06. The monoisotopic (exact) mass is 214 g/mol. The molecule has 1 N–H and O–H groups in total. The molecule has 15 heavy (non-hydrogen) atoms. The third-order valence-corrected chi connectivity index (χ3v) is 2.41. The fraction of sp³-hybridized carbons (Fsp3) is 0.818. The maximum absolute atomic E-state index is 8.43. The van der Waals surface area contributed by atoms with Gasteiger partial charge in [0.15, 0.2) is 0 Å². The predicted molar refractivity (Wildman–Crippen MR) is 62.6 cm³/mol. The first-order valence-corrected chi connectivity index (χ1v) is 5.67. The summed E-state index contributed by atoms with van der Waals surface area (Å²) >= 11 is 0. The largest absolute Gasteiger partial charge is 0.411 e. The molecule has 0 radical (unpaired) electrons. The quantitative estimate of drug-likeness (QED) is 0.446. The number of rotatable bonds is 3. The fourth-order valence-corrected chi connectivity index (χ4v) is 1.77. The summed E-state index contributed by atoms with van der Waals surface area (Å²) in [4.78, 5) is 4.70. The van der Waals surface area contributed by atoms with Crippen LogP contribution in [0, 0.1) is 5.92 Å². The molecule has 88 valence electrons. The summed E-state index contributed by atoms with van der Waals surface area (Å²) in [7, 11) is 1.51. The molecule has 1 aliphatic carbocycles. The Bertz CT molecular complexity index is 197. The predicted octanol–water partition coefficient (Wildman–Crippen LogP) is 3.06. The van der Waals surface area contributed by atoms with E-state index in [1.807, 2.05) is 13.8 Å². The van der Waals surface area contributed by atoms with Crippen LogP contribution in [0.4, 0.5) is 0 Å². The minimum Gasteiger partial charge on any atom is -0.411 e. The summed E-state index contributed by atoms with van der Waals surface area (Å²) in [6.07, 6.45) is 7.37. The van der Waals surface area contributed by atoms with Crippen molar-refractivity contribution in [2.75, 3.05) is 7.11 Å². The lowest BCUT2D eigenvalue weighted by Gasteiger charge is -2.20. The minimum atomic E-state index is 0.407. The van der Waals surface area contributed by atoms with E-state index < -0.39 is 0 Å². The van der Waals surface area contributed by atoms with Crippen LogP contribution in [0.15, 0.2) is 10.3 Å². The Morgan fingerprint density at radius 1 is 1.27 bits per heavy atom. The highest BCUT2D eigenvalue weighted by Gasteiger charge is 2.18. The van der Waals surface area contributed by atoms with Crippen molar-refractivity contribution in [2.24, 2.45) is 16.2 Å². The van der Waals surface area contributed by atoms with Crippen molar-refractivity contribution in [3.05, 3.63) is 0 Å². The van der Waals surface area contributed by atoms with E-state index in [0.29, 0.717) is 5.92 Å². The molecule has 1 aliphatic rings. The van der Waals surface area contributed by atoms with E-state index in [1.54, 1.807) is 0 Å². The molecular weight excluding hydrogens is 192 g/mol. The number of oxime groups is 2. The maximum atomic E-state index is 8.43. The lowest BCUT2D eigenvalue weighted by atomic mass is 9.86. The van der Waals surface area contributed by atoms with Gasteiger partial charge in [-0.05, 0) is 12.8 Å². The SMILES string of the molecule is CC.CO/N=C(/C=NO)C1CCCCC1. The zero-order valence-electron chi connectivity index (χ0n) is 9.94. The van der Waals surface area contributed by atoms with Crippen LogP contribution in [0.25, 0.3) is 0 Å². The summed E-state index contributed by atoms with van der Waals surface area (Å²) in [5.41, 5.74) is 0.754. The maximum Gasteiger partial charge on any atom is 0.106 e. The molecule has 0 aliphatic heterocycles. The van der Waals surface area contributed by atoms with Crippen molar-refractivity contribution in [1.29, 1.82) is 0 Å². The highest BCUT2D eigenvalue weighted by molar-refractivity contribution is 6.31. The summed E-state index contributed by atoms with van der Waals surface area (Å²) in [5, 5.41) is 15.3. The third kappa shape index (κ3) is 5.40. The van der Waals surface area contributed by atoms with Crippen molar-refractivity contribution in [3.63, 3.8) is 0 Å². The highest BCUT2D eigenvalue weighted by atomic mass is 16.6. The Balaban J connectivity index is 0.000000921. The van der Waals surface area contributed by atoms with Gasteiger partial charge < -0.3 is 10.0 Å². The van der Waals surface area contributed by atoms with E-state index in [2.05, 4.69) is 10.3 Å². The molecule has 0 atom stereocenters. The van der Waals surface area contributed by atoms with Gasteiger partial charge in [-0.15, -0.1) is 0 Å². The van der Waals surface area contributed by atoms with Crippen molar-refractivity contribution in [2.45, 2.75) is 46.0 Å². The second kappa shape index (κ2) is 9.49. The van der Waals surface area contributed by atoms with Gasteiger partial charge in [0.25, 0.3) is 0 Å². The van der Waals surface area contributed by atoms with Gasteiger partial charge in [0.05, 0.1) is 6.21 Å². The van der Waals surface area contributed by atoms with Gasteiger partial charge in [-0.25, -0.2) is 0 Å². The Morgan fingerprint density at radius 3 is 2.33 bits per heavy atom. The third-order valence-electron chi connectivity index (χ3n) is 2.41. The van der Waals surface area contributed by atoms with Gasteiger partial charge in [-0.1, -0.05) is 43.4 Å². The molecule has 0 amide bonds. The minimum absolute atomic E-state index is 0.407. The summed E-state index contributed by atoms with van der Waals surface area (Å²) in [6.45, 7) is 4.00. The van der Waals surface area contributed by atoms with E-state index in [4.69, 9.17) is 10.0 Å². The molecule has 1 fully saturated rings. The summed E-state index contributed by atoms with van der Waals surface area (Å²) in [5.74, 6) is 0.407. The van der Waals surface area contributed by atoms with E-state index in [9.17, 15) is 0 Å². The van der Waals surface area contributed by atoms with Gasteiger partial charge in [-0.3, -0.25) is 0 Å². The van der Waals surface area contributed by atoms with Gasteiger partial charge in [-0.2, -0.15) is 0 Å². The molecular formula is C11H22N2O2. The number of hydrogen-bond acceptors (Lipinski definition) is 4. The van der Waals surface area contributed by atoms with Gasteiger partial charge in [0.1, 0.15) is 12.8 Å². The zero-order chi connectivity index (χ0) is 11.5. The van der Waals surface area contributed by atoms with Crippen LogP contribution in [-0.4, -0.2) is 24.2 Å². The van der Waals surface area contributed by atoms with E-state index in [-0.39, 0.29) is 0 Å². The van der Waals surface area contributed by atoms with Crippen LogP contribution in [-0.2, 0) is 4.84 Å². The average molecular weight is 214 g/mol. The topological polar surface area (TPSA) is 54.2 Å². The van der Waals surface area contributed by atoms with Gasteiger partial charge in [0.2, 0.25) is 0 Å². The zero-order valence-corrected chi connectivity index (χ0v) is 9.94. The molecule has 0 spiro atoms. The fourth-order valence-electron chi connectivity index (χ4n) is 1.77. The lowest BCUT2D eigenvalue weighted by molar-refractivity contribution is 0.210. The van der Waals surface area contributed by atoms with Crippen LogP contribution in [0.5, 0.6) is 0 Å². The van der Waals surface area contributed by atoms with Crippen molar-refractivity contribution in [1.82, 2.24) is 0 Å². The molecule has 1 rings (SSSR count). The van der Waals surface area contributed by atoms with Crippen LogP contribution < -0.4 is 0 Å². The van der Waals surface area contributed by atoms with E-state index in [0.717, 1.165) is 18.6 Å². The van der Waals surface area contributed by atoms with Crippen LogP contribution in [0.1, 0.15) is 46.0 Å². The molecule has 0 aromatic rings. The van der Waals surface area contributed by atoms with Gasteiger partial charge in [0, 0.05) is 5.92 Å². The first-order valence-electron chi connectivity index (χ1n) is 5.67. The molecule has 1 saturated carbocycles. The average Bonchev–Trinajstić information content (AvgIpc) is 2.33. The second-order valence-electron chi connectivity index (χ2n) is 3.28. The molecule has 4 heteroatoms. The highest BCUT2D eigenvalue weighted by Crippen LogP contribution is 2.24. The molecule has 0 unspecified atom stereocenters. The lowest BCUT2D eigenvalue weighted by Crippen LogP contribution is -2.19. The van der Waals surface area contributed by atoms with E-state index in [1.165, 1.54) is 32.6 Å². The summed E-state index contributed by atoms with van der Waals surface area (Å²) in [6, 6.07) is 0. The smallest absolute Gasteiger partial charge is 0.106 e. The first kappa shape index (κ1) is 13.9. The molecule has 4 nitrogen and oxygen atoms in total. The van der Waals surface area contributed by atoms with Crippen molar-refractivity contribution >= 4 is 11.9 Å². The Kier molecular flexibility index (Phi) is 8.82. The standard InChI is InChI=1S/C9H16N2O2.C2H6/c1-13-11-9(7-10-12)8-5-3-2-4-6-8;1-2/h7-8,12H,2-6H2,1H3;1-2H3/b10-7?,11-9-;. The van der Waals surface area contributed by atoms with Crippen molar-refractivity contribution in [3.8, 4) is 0 Å². The van der Waals surface area contributed by atoms with Crippen LogP contribution in [0.2, 0.25) is 0 Å².